The van der Waals surface area contributed by atoms with Crippen LogP contribution in [0.5, 0.6) is 0 Å². The minimum Gasteiger partial charge on any atom is -0.361 e. The van der Waals surface area contributed by atoms with Crippen LogP contribution >= 0.6 is 0 Å². The Kier molecular flexibility index (Phi) is 2.72. The molecule has 0 aliphatic rings. The highest BCUT2D eigenvalue weighted by Crippen LogP contribution is 2.14. The van der Waals surface area contributed by atoms with Crippen molar-refractivity contribution in [3.8, 4) is 0 Å². The van der Waals surface area contributed by atoms with E-state index in [1.165, 1.54) is 17.9 Å². The highest BCUT2D eigenvalue weighted by molar-refractivity contribution is 5.79. The third-order valence-corrected chi connectivity index (χ3v) is 2.41. The van der Waals surface area contributed by atoms with E-state index in [-0.39, 0.29) is 5.91 Å². The van der Waals surface area contributed by atoms with Gasteiger partial charge in [-0.2, -0.15) is 0 Å². The Hall–Kier alpha value is -1.77. The molecule has 0 unspecified atom stereocenters. The van der Waals surface area contributed by atoms with Crippen LogP contribution in [-0.4, -0.2) is 17.4 Å². The summed E-state index contributed by atoms with van der Waals surface area (Å²) in [5.41, 5.74) is 2.38. The number of amides is 1. The molecule has 15 heavy (non-hydrogen) atoms. The van der Waals surface area contributed by atoms with Crippen molar-refractivity contribution in [3.05, 3.63) is 36.0 Å². The Balaban J connectivity index is 2.04. The number of aromatic amines is 1. The van der Waals surface area contributed by atoms with Gasteiger partial charge in [0, 0.05) is 25.2 Å². The minimum absolute atomic E-state index is 0.0240. The lowest BCUT2D eigenvalue weighted by molar-refractivity contribution is -0.118. The first-order chi connectivity index (χ1) is 7.25. The number of aromatic nitrogens is 1. The van der Waals surface area contributed by atoms with Crippen molar-refractivity contribution < 1.29 is 4.79 Å². The molecule has 1 heterocycles. The van der Waals surface area contributed by atoms with Crippen molar-refractivity contribution in [3.63, 3.8) is 0 Å². The molecule has 2 aromatic rings. The second-order valence-electron chi connectivity index (χ2n) is 3.63. The van der Waals surface area contributed by atoms with Crippen LogP contribution in [0.1, 0.15) is 12.5 Å². The van der Waals surface area contributed by atoms with Gasteiger partial charge in [-0.25, -0.2) is 0 Å². The fraction of sp³-hybridized carbons (Fsp3) is 0.250. The number of rotatable bonds is 3. The van der Waals surface area contributed by atoms with E-state index in [2.05, 4.69) is 28.5 Å². The van der Waals surface area contributed by atoms with E-state index < -0.39 is 0 Å². The van der Waals surface area contributed by atoms with Crippen LogP contribution in [-0.2, 0) is 11.2 Å². The van der Waals surface area contributed by atoms with Crippen molar-refractivity contribution >= 4 is 16.8 Å². The van der Waals surface area contributed by atoms with E-state index in [1.807, 2.05) is 12.3 Å². The zero-order chi connectivity index (χ0) is 10.7. The summed E-state index contributed by atoms with van der Waals surface area (Å²) in [6.45, 7) is 2.23. The van der Waals surface area contributed by atoms with Crippen LogP contribution in [0.4, 0.5) is 0 Å². The van der Waals surface area contributed by atoms with Gasteiger partial charge in [0.2, 0.25) is 5.91 Å². The van der Waals surface area contributed by atoms with Crippen molar-refractivity contribution in [1.29, 1.82) is 0 Å². The normalized spacial score (nSPS) is 10.5. The molecule has 3 nitrogen and oxygen atoms in total. The van der Waals surface area contributed by atoms with Crippen LogP contribution in [0.15, 0.2) is 30.5 Å². The molecule has 0 saturated carbocycles. The van der Waals surface area contributed by atoms with Gasteiger partial charge in [0.1, 0.15) is 0 Å². The summed E-state index contributed by atoms with van der Waals surface area (Å²) in [5.74, 6) is 0.0240. The summed E-state index contributed by atoms with van der Waals surface area (Å²) in [6, 6.07) is 8.36. The van der Waals surface area contributed by atoms with Crippen molar-refractivity contribution in [2.75, 3.05) is 6.54 Å². The molecule has 1 amide bonds. The Morgan fingerprint density at radius 2 is 2.27 bits per heavy atom. The predicted octanol–water partition coefficient (Wildman–Crippen LogP) is 1.85. The molecule has 1 aromatic heterocycles. The number of benzene rings is 1. The fourth-order valence-corrected chi connectivity index (χ4v) is 1.63. The van der Waals surface area contributed by atoms with Gasteiger partial charge in [-0.05, 0) is 29.5 Å². The van der Waals surface area contributed by atoms with Crippen molar-refractivity contribution in [1.82, 2.24) is 10.3 Å². The molecule has 0 bridgehead atoms. The van der Waals surface area contributed by atoms with Crippen LogP contribution in [0.25, 0.3) is 10.9 Å². The molecule has 0 aliphatic carbocycles. The smallest absolute Gasteiger partial charge is 0.216 e. The topological polar surface area (TPSA) is 44.9 Å². The summed E-state index contributed by atoms with van der Waals surface area (Å²) >= 11 is 0. The van der Waals surface area contributed by atoms with Crippen molar-refractivity contribution in [2.45, 2.75) is 13.3 Å². The molecule has 0 atom stereocenters. The quantitative estimate of drug-likeness (QED) is 0.783. The number of fused-ring (bicyclic) bond motifs is 1. The predicted molar refractivity (Wildman–Crippen MR) is 60.7 cm³/mol. The van der Waals surface area contributed by atoms with Gasteiger partial charge < -0.3 is 10.3 Å². The van der Waals surface area contributed by atoms with Gasteiger partial charge in [-0.15, -0.1) is 0 Å². The largest absolute Gasteiger partial charge is 0.361 e. The molecule has 1 aromatic carbocycles. The molecule has 0 radical (unpaired) electrons. The summed E-state index contributed by atoms with van der Waals surface area (Å²) in [7, 11) is 0. The molecule has 2 rings (SSSR count). The first-order valence-corrected chi connectivity index (χ1v) is 5.06. The average molecular weight is 202 g/mol. The standard InChI is InChI=1S/C12H14N2O/c1-9(15)13-6-4-10-2-3-11-5-7-14-12(11)8-10/h2-3,5,7-8,14H,4,6H2,1H3,(H,13,15). The summed E-state index contributed by atoms with van der Waals surface area (Å²) in [4.78, 5) is 13.9. The Morgan fingerprint density at radius 1 is 1.40 bits per heavy atom. The highest BCUT2D eigenvalue weighted by Gasteiger charge is 1.97. The number of nitrogens with one attached hydrogen (secondary N) is 2. The number of carbonyl (C=O) groups is 1. The molecule has 0 spiro atoms. The maximum Gasteiger partial charge on any atom is 0.216 e. The lowest BCUT2D eigenvalue weighted by Gasteiger charge is -2.02. The molecule has 0 saturated heterocycles. The Labute approximate surface area is 88.5 Å². The lowest BCUT2D eigenvalue weighted by Crippen LogP contribution is -2.22. The van der Waals surface area contributed by atoms with E-state index in [0.29, 0.717) is 6.54 Å². The van der Waals surface area contributed by atoms with Crippen LogP contribution < -0.4 is 5.32 Å². The van der Waals surface area contributed by atoms with Crippen LogP contribution in [0.2, 0.25) is 0 Å². The molecular weight excluding hydrogens is 188 g/mol. The third kappa shape index (κ3) is 2.37. The van der Waals surface area contributed by atoms with Gasteiger partial charge >= 0.3 is 0 Å². The lowest BCUT2D eigenvalue weighted by atomic mass is 10.1. The van der Waals surface area contributed by atoms with E-state index in [0.717, 1.165) is 11.9 Å². The zero-order valence-corrected chi connectivity index (χ0v) is 8.71. The first-order valence-electron chi connectivity index (χ1n) is 5.06. The summed E-state index contributed by atoms with van der Waals surface area (Å²) < 4.78 is 0. The van der Waals surface area contributed by atoms with Gasteiger partial charge in [0.15, 0.2) is 0 Å². The third-order valence-electron chi connectivity index (χ3n) is 2.41. The second kappa shape index (κ2) is 4.17. The zero-order valence-electron chi connectivity index (χ0n) is 8.71. The number of hydrogen-bond acceptors (Lipinski definition) is 1. The molecule has 3 heteroatoms. The Morgan fingerprint density at radius 3 is 3.07 bits per heavy atom. The van der Waals surface area contributed by atoms with E-state index >= 15 is 0 Å². The molecule has 78 valence electrons. The van der Waals surface area contributed by atoms with Crippen LogP contribution in [0.3, 0.4) is 0 Å². The van der Waals surface area contributed by atoms with Gasteiger partial charge in [-0.3, -0.25) is 4.79 Å². The minimum atomic E-state index is 0.0240. The van der Waals surface area contributed by atoms with Gasteiger partial charge in [-0.1, -0.05) is 12.1 Å². The number of hydrogen-bond donors (Lipinski definition) is 2. The monoisotopic (exact) mass is 202 g/mol. The molecule has 0 aliphatic heterocycles. The maximum atomic E-state index is 10.7. The average Bonchev–Trinajstić information content (AvgIpc) is 2.64. The fourth-order valence-electron chi connectivity index (χ4n) is 1.63. The van der Waals surface area contributed by atoms with Crippen LogP contribution in [0, 0.1) is 0 Å². The summed E-state index contributed by atoms with van der Waals surface area (Å²) in [6.07, 6.45) is 2.80. The summed E-state index contributed by atoms with van der Waals surface area (Å²) in [5, 5.41) is 4.01. The number of H-pyrrole nitrogens is 1. The van der Waals surface area contributed by atoms with E-state index in [4.69, 9.17) is 0 Å². The maximum absolute atomic E-state index is 10.7. The number of carbonyl (C=O) groups excluding carboxylic acids is 1. The molecular formula is C12H14N2O. The SMILES string of the molecule is CC(=O)NCCc1ccc2cc[nH]c2c1. The molecule has 2 N–H and O–H groups in total. The van der Waals surface area contributed by atoms with Gasteiger partial charge in [0.05, 0.1) is 0 Å². The second-order valence-corrected chi connectivity index (χ2v) is 3.63. The Bertz CT molecular complexity index is 473. The van der Waals surface area contributed by atoms with E-state index in [1.54, 1.807) is 0 Å². The highest BCUT2D eigenvalue weighted by atomic mass is 16.1. The van der Waals surface area contributed by atoms with Crippen molar-refractivity contribution in [2.24, 2.45) is 0 Å². The first kappa shape index (κ1) is 9.77. The van der Waals surface area contributed by atoms with Gasteiger partial charge in [0.25, 0.3) is 0 Å². The van der Waals surface area contributed by atoms with E-state index in [9.17, 15) is 4.79 Å². The molecule has 0 fully saturated rings.